The molecule has 0 bridgehead atoms. The second-order valence-electron chi connectivity index (χ2n) is 7.60. The Morgan fingerprint density at radius 3 is 2.77 bits per heavy atom. The summed E-state index contributed by atoms with van der Waals surface area (Å²) in [5, 5.41) is 21.5. The van der Waals surface area contributed by atoms with Crippen LogP contribution < -0.4 is 0 Å². The number of aliphatic hydroxyl groups is 1. The number of aliphatic carboxylic acids is 1. The van der Waals surface area contributed by atoms with Gasteiger partial charge in [-0.2, -0.15) is 11.8 Å². The number of carbonyl (C=O) groups excluding carboxylic acids is 1. The van der Waals surface area contributed by atoms with Crippen molar-refractivity contribution in [2.75, 3.05) is 17.3 Å². The highest BCUT2D eigenvalue weighted by Crippen LogP contribution is 2.34. The Morgan fingerprint density at radius 1 is 1.17 bits per heavy atom. The molecule has 6 heteroatoms. The number of ketones is 1. The predicted molar refractivity (Wildman–Crippen MR) is 126 cm³/mol. The zero-order valence-electron chi connectivity index (χ0n) is 16.9. The summed E-state index contributed by atoms with van der Waals surface area (Å²) in [7, 11) is 0. The first-order valence-corrected chi connectivity index (χ1v) is 12.5. The Bertz CT molecular complexity index is 896. The molecule has 4 nitrogen and oxygen atoms in total. The Morgan fingerprint density at radius 2 is 1.97 bits per heavy atom. The molecular formula is C24H28O4S2. The molecule has 0 heterocycles. The van der Waals surface area contributed by atoms with E-state index in [1.165, 1.54) is 22.5 Å². The quantitative estimate of drug-likeness (QED) is 0.390. The minimum Gasteiger partial charge on any atom is -0.481 e. The van der Waals surface area contributed by atoms with Gasteiger partial charge in [0.2, 0.25) is 0 Å². The van der Waals surface area contributed by atoms with Crippen LogP contribution in [-0.4, -0.2) is 50.6 Å². The molecule has 3 rings (SSSR count). The smallest absolute Gasteiger partial charge is 0.313 e. The van der Waals surface area contributed by atoms with Crippen LogP contribution in [0.4, 0.5) is 0 Å². The molecule has 1 aliphatic carbocycles. The predicted octanol–water partition coefficient (Wildman–Crippen LogP) is 4.59. The van der Waals surface area contributed by atoms with E-state index < -0.39 is 12.1 Å². The zero-order valence-corrected chi connectivity index (χ0v) is 18.5. The highest BCUT2D eigenvalue weighted by atomic mass is 32.2. The fourth-order valence-corrected chi connectivity index (χ4v) is 5.92. The summed E-state index contributed by atoms with van der Waals surface area (Å²) >= 11 is 3.09. The third kappa shape index (κ3) is 6.89. The van der Waals surface area contributed by atoms with Gasteiger partial charge in [-0.3, -0.25) is 9.59 Å². The summed E-state index contributed by atoms with van der Waals surface area (Å²) in [6, 6.07) is 14.4. The molecule has 1 unspecified atom stereocenters. The second kappa shape index (κ2) is 11.6. The van der Waals surface area contributed by atoms with Crippen molar-refractivity contribution in [2.45, 2.75) is 37.0 Å². The van der Waals surface area contributed by atoms with Crippen LogP contribution in [0.5, 0.6) is 0 Å². The number of carboxylic acids is 1. The minimum atomic E-state index is -0.786. The molecule has 1 saturated carbocycles. The molecule has 2 N–H and O–H groups in total. The molecule has 1 aliphatic rings. The molecule has 160 valence electrons. The normalized spacial score (nSPS) is 20.2. The monoisotopic (exact) mass is 444 g/mol. The number of benzene rings is 2. The average Bonchev–Trinajstić information content (AvgIpc) is 3.08. The van der Waals surface area contributed by atoms with Crippen molar-refractivity contribution >= 4 is 46.0 Å². The van der Waals surface area contributed by atoms with Crippen LogP contribution in [0.15, 0.2) is 54.6 Å². The van der Waals surface area contributed by atoms with Gasteiger partial charge < -0.3 is 10.2 Å². The third-order valence-corrected chi connectivity index (χ3v) is 7.75. The maximum Gasteiger partial charge on any atom is 0.313 e. The Balaban J connectivity index is 1.47. The largest absolute Gasteiger partial charge is 0.481 e. The summed E-state index contributed by atoms with van der Waals surface area (Å²) in [4.78, 5) is 22.8. The van der Waals surface area contributed by atoms with Gasteiger partial charge in [-0.1, -0.05) is 54.6 Å². The first-order valence-electron chi connectivity index (χ1n) is 10.3. The lowest BCUT2D eigenvalue weighted by Gasteiger charge is -2.15. The summed E-state index contributed by atoms with van der Waals surface area (Å²) in [6.45, 7) is 0. The van der Waals surface area contributed by atoms with E-state index in [1.807, 2.05) is 24.3 Å². The van der Waals surface area contributed by atoms with Crippen molar-refractivity contribution in [2.24, 2.45) is 5.92 Å². The lowest BCUT2D eigenvalue weighted by Crippen LogP contribution is -2.17. The Kier molecular flexibility index (Phi) is 8.85. The van der Waals surface area contributed by atoms with Gasteiger partial charge in [-0.25, -0.2) is 0 Å². The molecule has 2 aromatic carbocycles. The van der Waals surface area contributed by atoms with Gasteiger partial charge in [-0.05, 0) is 46.6 Å². The number of carboxylic acid groups (broad SMARTS) is 1. The number of carbonyl (C=O) groups is 2. The Hall–Kier alpha value is -1.76. The van der Waals surface area contributed by atoms with Crippen molar-refractivity contribution < 1.29 is 19.8 Å². The first-order chi connectivity index (χ1) is 14.5. The van der Waals surface area contributed by atoms with Crippen molar-refractivity contribution in [1.82, 2.24) is 0 Å². The van der Waals surface area contributed by atoms with E-state index in [1.54, 1.807) is 11.8 Å². The molecule has 0 amide bonds. The van der Waals surface area contributed by atoms with Gasteiger partial charge in [0.05, 0.1) is 17.1 Å². The Labute approximate surface area is 186 Å². The van der Waals surface area contributed by atoms with E-state index >= 15 is 0 Å². The second-order valence-corrected chi connectivity index (χ2v) is 9.95. The van der Waals surface area contributed by atoms with Crippen LogP contribution >= 0.6 is 23.5 Å². The van der Waals surface area contributed by atoms with Gasteiger partial charge in [0.1, 0.15) is 5.78 Å². The van der Waals surface area contributed by atoms with Gasteiger partial charge in [0, 0.05) is 12.8 Å². The zero-order chi connectivity index (χ0) is 21.3. The van der Waals surface area contributed by atoms with Crippen LogP contribution in [0, 0.1) is 5.92 Å². The van der Waals surface area contributed by atoms with Crippen molar-refractivity contribution in [3.05, 3.63) is 60.2 Å². The highest BCUT2D eigenvalue weighted by molar-refractivity contribution is 8.01. The highest BCUT2D eigenvalue weighted by Gasteiger charge is 2.33. The van der Waals surface area contributed by atoms with Crippen LogP contribution in [0.3, 0.4) is 0 Å². The van der Waals surface area contributed by atoms with Gasteiger partial charge in [0.15, 0.2) is 0 Å². The van der Waals surface area contributed by atoms with E-state index in [9.17, 15) is 14.7 Å². The maximum atomic E-state index is 12.3. The van der Waals surface area contributed by atoms with Crippen LogP contribution in [0.1, 0.15) is 24.8 Å². The standard InChI is InChI=1S/C24H28O4S2/c25-21(15-17-6-7-18-4-1-2-5-20(18)14-17)10-8-19-9-11-22(26)24(19)30-13-3-12-29-16-23(27)28/h1-2,4-8,10,14,19,21,24-25H,3,9,11-13,15-16H2,(H,27,28)/b10-8+/t19-,21?,24+/m0/s1. The number of thioether (sulfide) groups is 2. The third-order valence-electron chi connectivity index (χ3n) is 5.23. The molecule has 30 heavy (non-hydrogen) atoms. The molecular weight excluding hydrogens is 416 g/mol. The average molecular weight is 445 g/mol. The molecule has 0 aromatic heterocycles. The molecule has 0 spiro atoms. The minimum absolute atomic E-state index is 0.0430. The molecule has 0 saturated heterocycles. The van der Waals surface area contributed by atoms with Gasteiger partial charge in [-0.15, -0.1) is 11.8 Å². The SMILES string of the molecule is O=C(O)CSCCCS[C@H]1C(=O)CC[C@@H]1/C=C/C(O)Cc1ccc2ccccc2c1. The number of Topliss-reactive ketones (excluding diaryl/α,β-unsaturated/α-hetero) is 1. The maximum absolute atomic E-state index is 12.3. The number of fused-ring (bicyclic) bond motifs is 1. The van der Waals surface area contributed by atoms with Crippen molar-refractivity contribution in [3.8, 4) is 0 Å². The fourth-order valence-electron chi connectivity index (χ4n) is 3.73. The lowest BCUT2D eigenvalue weighted by atomic mass is 10.0. The topological polar surface area (TPSA) is 74.6 Å². The van der Waals surface area contributed by atoms with E-state index in [0.29, 0.717) is 12.8 Å². The number of aliphatic hydroxyl groups excluding tert-OH is 1. The summed E-state index contributed by atoms with van der Waals surface area (Å²) < 4.78 is 0. The lowest BCUT2D eigenvalue weighted by molar-refractivity contribution is -0.133. The van der Waals surface area contributed by atoms with E-state index in [4.69, 9.17) is 5.11 Å². The van der Waals surface area contributed by atoms with Crippen LogP contribution in [0.2, 0.25) is 0 Å². The molecule has 2 aromatic rings. The summed E-state index contributed by atoms with van der Waals surface area (Å²) in [5.41, 5.74) is 1.10. The first kappa shape index (κ1) is 22.9. The summed E-state index contributed by atoms with van der Waals surface area (Å²) in [5.74, 6) is 1.45. The van der Waals surface area contributed by atoms with Gasteiger partial charge in [0.25, 0.3) is 0 Å². The van der Waals surface area contributed by atoms with Crippen LogP contribution in [0.25, 0.3) is 10.8 Å². The number of allylic oxidation sites excluding steroid dienone is 1. The van der Waals surface area contributed by atoms with Crippen LogP contribution in [-0.2, 0) is 16.0 Å². The molecule has 0 radical (unpaired) electrons. The van der Waals surface area contributed by atoms with E-state index in [-0.39, 0.29) is 22.7 Å². The molecule has 0 aliphatic heterocycles. The number of hydrogen-bond acceptors (Lipinski definition) is 5. The van der Waals surface area contributed by atoms with Crippen molar-refractivity contribution in [1.29, 1.82) is 0 Å². The van der Waals surface area contributed by atoms with Crippen molar-refractivity contribution in [3.63, 3.8) is 0 Å². The number of hydrogen-bond donors (Lipinski definition) is 2. The molecule has 3 atom stereocenters. The van der Waals surface area contributed by atoms with Gasteiger partial charge >= 0.3 is 5.97 Å². The van der Waals surface area contributed by atoms with E-state index in [2.05, 4.69) is 30.3 Å². The number of rotatable bonds is 11. The summed E-state index contributed by atoms with van der Waals surface area (Å²) in [6.07, 6.45) is 6.18. The van der Waals surface area contributed by atoms with E-state index in [0.717, 1.165) is 29.9 Å². The fraction of sp³-hybridized carbons (Fsp3) is 0.417. The molecule has 1 fully saturated rings.